The molecule has 10 heteroatoms. The molecule has 0 aromatic heterocycles. The summed E-state index contributed by atoms with van der Waals surface area (Å²) in [6.07, 6.45) is -3.72. The van der Waals surface area contributed by atoms with Crippen molar-refractivity contribution in [1.82, 2.24) is 9.80 Å². The van der Waals surface area contributed by atoms with Gasteiger partial charge in [0.05, 0.1) is 6.54 Å². The Labute approximate surface area is 179 Å². The lowest BCUT2D eigenvalue weighted by molar-refractivity contribution is -0.274. The minimum Gasteiger partial charge on any atom is -0.406 e. The Morgan fingerprint density at radius 3 is 2.13 bits per heavy atom. The molecule has 1 saturated heterocycles. The lowest BCUT2D eigenvalue weighted by atomic mass is 9.90. The highest BCUT2D eigenvalue weighted by Crippen LogP contribution is 2.25. The topological polar surface area (TPSA) is 79.0 Å². The minimum atomic E-state index is -4.79. The number of nitrogens with zero attached hydrogens (tertiary/aromatic N) is 2. The number of amides is 3. The normalized spacial score (nSPS) is 15.4. The van der Waals surface area contributed by atoms with Crippen LogP contribution in [0, 0.1) is 11.3 Å². The number of rotatable bonds is 5. The Morgan fingerprint density at radius 1 is 1.10 bits per heavy atom. The Bertz CT molecular complexity index is 796. The molecule has 0 aliphatic carbocycles. The molecule has 172 valence electrons. The summed E-state index contributed by atoms with van der Waals surface area (Å²) in [6.45, 7) is 6.38. The highest BCUT2D eigenvalue weighted by Gasteiger charge is 2.33. The molecule has 1 fully saturated rings. The van der Waals surface area contributed by atoms with Crippen molar-refractivity contribution in [2.45, 2.75) is 40.0 Å². The molecule has 1 heterocycles. The first-order valence-electron chi connectivity index (χ1n) is 9.96. The number of likely N-dealkylation sites (N-methyl/N-ethyl adjacent to an activating group) is 1. The third-order valence-corrected chi connectivity index (χ3v) is 4.90. The van der Waals surface area contributed by atoms with E-state index in [9.17, 15) is 27.6 Å². The highest BCUT2D eigenvalue weighted by molar-refractivity contribution is 5.94. The lowest BCUT2D eigenvalue weighted by Crippen LogP contribution is -2.47. The second kappa shape index (κ2) is 9.57. The van der Waals surface area contributed by atoms with Crippen LogP contribution in [0.1, 0.15) is 33.6 Å². The fourth-order valence-corrected chi connectivity index (χ4v) is 3.35. The third-order valence-electron chi connectivity index (χ3n) is 4.90. The van der Waals surface area contributed by atoms with Gasteiger partial charge in [-0.2, -0.15) is 0 Å². The summed E-state index contributed by atoms with van der Waals surface area (Å²) >= 11 is 0. The number of likely N-dealkylation sites (tertiary alicyclic amines) is 1. The average Bonchev–Trinajstić information content (AvgIpc) is 2.66. The molecular weight excluding hydrogens is 415 g/mol. The van der Waals surface area contributed by atoms with Crippen LogP contribution in [0.25, 0.3) is 0 Å². The van der Waals surface area contributed by atoms with E-state index in [1.165, 1.54) is 24.1 Å². The molecule has 0 unspecified atom stereocenters. The molecule has 1 aromatic carbocycles. The molecule has 1 N–H and O–H groups in total. The van der Waals surface area contributed by atoms with E-state index in [0.717, 1.165) is 12.1 Å². The van der Waals surface area contributed by atoms with Gasteiger partial charge >= 0.3 is 6.36 Å². The molecule has 0 radical (unpaired) electrons. The zero-order valence-corrected chi connectivity index (χ0v) is 18.1. The Morgan fingerprint density at radius 2 is 1.65 bits per heavy atom. The van der Waals surface area contributed by atoms with Crippen molar-refractivity contribution < 1.29 is 32.3 Å². The largest absolute Gasteiger partial charge is 0.573 e. The molecule has 31 heavy (non-hydrogen) atoms. The van der Waals surface area contributed by atoms with Crippen LogP contribution >= 0.6 is 0 Å². The lowest BCUT2D eigenvalue weighted by Gasteiger charge is -2.36. The first kappa shape index (κ1) is 24.5. The average molecular weight is 443 g/mol. The Kier molecular flexibility index (Phi) is 7.56. The number of hydrogen-bond donors (Lipinski definition) is 1. The molecule has 1 aromatic rings. The molecular formula is C21H28F3N3O4. The second-order valence-corrected chi connectivity index (χ2v) is 8.63. The summed E-state index contributed by atoms with van der Waals surface area (Å²) in [5.41, 5.74) is -0.183. The van der Waals surface area contributed by atoms with Crippen LogP contribution in [0.15, 0.2) is 24.3 Å². The van der Waals surface area contributed by atoms with E-state index in [4.69, 9.17) is 0 Å². The Hall–Kier alpha value is -2.78. The van der Waals surface area contributed by atoms with Gasteiger partial charge in [-0.1, -0.05) is 20.8 Å². The van der Waals surface area contributed by atoms with Gasteiger partial charge in [0, 0.05) is 37.2 Å². The summed E-state index contributed by atoms with van der Waals surface area (Å²) in [4.78, 5) is 40.3. The second-order valence-electron chi connectivity index (χ2n) is 8.63. The van der Waals surface area contributed by atoms with Gasteiger partial charge in [0.1, 0.15) is 5.75 Å². The van der Waals surface area contributed by atoms with Crippen molar-refractivity contribution in [2.24, 2.45) is 11.3 Å². The van der Waals surface area contributed by atoms with Crippen molar-refractivity contribution in [3.8, 4) is 5.75 Å². The predicted molar refractivity (Wildman–Crippen MR) is 108 cm³/mol. The molecule has 0 bridgehead atoms. The van der Waals surface area contributed by atoms with Crippen LogP contribution in [-0.4, -0.2) is 60.6 Å². The van der Waals surface area contributed by atoms with E-state index in [-0.39, 0.29) is 30.0 Å². The molecule has 0 saturated carbocycles. The monoisotopic (exact) mass is 443 g/mol. The van der Waals surface area contributed by atoms with E-state index in [0.29, 0.717) is 25.9 Å². The minimum absolute atomic E-state index is 0.0535. The molecule has 3 amide bonds. The van der Waals surface area contributed by atoms with Gasteiger partial charge < -0.3 is 19.9 Å². The third kappa shape index (κ3) is 7.45. The van der Waals surface area contributed by atoms with Gasteiger partial charge in [-0.25, -0.2) is 0 Å². The first-order valence-corrected chi connectivity index (χ1v) is 9.96. The van der Waals surface area contributed by atoms with E-state index in [1.807, 2.05) is 20.8 Å². The quantitative estimate of drug-likeness (QED) is 0.758. The van der Waals surface area contributed by atoms with Crippen molar-refractivity contribution in [3.05, 3.63) is 24.3 Å². The van der Waals surface area contributed by atoms with Gasteiger partial charge in [0.2, 0.25) is 17.7 Å². The van der Waals surface area contributed by atoms with Crippen LogP contribution in [-0.2, 0) is 14.4 Å². The van der Waals surface area contributed by atoms with Crippen LogP contribution in [0.5, 0.6) is 5.75 Å². The van der Waals surface area contributed by atoms with Crippen molar-refractivity contribution in [1.29, 1.82) is 0 Å². The maximum Gasteiger partial charge on any atom is 0.573 e. The van der Waals surface area contributed by atoms with Crippen molar-refractivity contribution in [3.63, 3.8) is 0 Å². The van der Waals surface area contributed by atoms with Gasteiger partial charge in [0.25, 0.3) is 0 Å². The zero-order valence-electron chi connectivity index (χ0n) is 18.1. The number of hydrogen-bond acceptors (Lipinski definition) is 4. The summed E-state index contributed by atoms with van der Waals surface area (Å²) in [5, 5.41) is 2.54. The van der Waals surface area contributed by atoms with Crippen LogP contribution in [0.4, 0.5) is 18.9 Å². The number of nitrogens with one attached hydrogen (secondary N) is 1. The standard InChI is InChI=1S/C21H28F3N3O4/c1-20(2,3)19(30)27-11-9-14(10-12-27)18(29)26(4)13-17(28)25-15-5-7-16(8-6-15)31-21(22,23)24/h5-8,14H,9-13H2,1-4H3,(H,25,28). The number of carbonyl (C=O) groups is 3. The number of carbonyl (C=O) groups excluding carboxylic acids is 3. The summed E-state index contributed by atoms with van der Waals surface area (Å²) < 4.78 is 40.3. The van der Waals surface area contributed by atoms with Gasteiger partial charge in [-0.3, -0.25) is 14.4 Å². The smallest absolute Gasteiger partial charge is 0.406 e. The predicted octanol–water partition coefficient (Wildman–Crippen LogP) is 3.27. The molecule has 1 aliphatic rings. The first-order chi connectivity index (χ1) is 14.3. The Balaban J connectivity index is 1.82. The van der Waals surface area contributed by atoms with Gasteiger partial charge in [-0.05, 0) is 37.1 Å². The maximum absolute atomic E-state index is 12.7. The maximum atomic E-state index is 12.7. The van der Waals surface area contributed by atoms with Crippen LogP contribution in [0.3, 0.4) is 0 Å². The summed E-state index contributed by atoms with van der Waals surface area (Å²) in [5.74, 6) is -1.25. The fourth-order valence-electron chi connectivity index (χ4n) is 3.35. The molecule has 0 atom stereocenters. The number of ether oxygens (including phenoxy) is 1. The summed E-state index contributed by atoms with van der Waals surface area (Å²) in [6, 6.07) is 4.74. The number of halogens is 3. The zero-order chi connectivity index (χ0) is 23.4. The SMILES string of the molecule is CN(CC(=O)Nc1ccc(OC(F)(F)F)cc1)C(=O)C1CCN(C(=O)C(C)(C)C)CC1. The van der Waals surface area contributed by atoms with E-state index in [1.54, 1.807) is 4.90 Å². The molecule has 2 rings (SSSR count). The van der Waals surface area contributed by atoms with E-state index >= 15 is 0 Å². The number of benzene rings is 1. The number of anilines is 1. The van der Waals surface area contributed by atoms with E-state index < -0.39 is 23.4 Å². The van der Waals surface area contributed by atoms with E-state index in [2.05, 4.69) is 10.1 Å². The fraction of sp³-hybridized carbons (Fsp3) is 0.571. The van der Waals surface area contributed by atoms with Gasteiger partial charge in [0.15, 0.2) is 0 Å². The van der Waals surface area contributed by atoms with Gasteiger partial charge in [-0.15, -0.1) is 13.2 Å². The molecule has 0 spiro atoms. The molecule has 1 aliphatic heterocycles. The van der Waals surface area contributed by atoms with Crippen LogP contribution in [0.2, 0.25) is 0 Å². The highest BCUT2D eigenvalue weighted by atomic mass is 19.4. The van der Waals surface area contributed by atoms with Crippen molar-refractivity contribution >= 4 is 23.4 Å². The summed E-state index contributed by atoms with van der Waals surface area (Å²) in [7, 11) is 1.52. The van der Waals surface area contributed by atoms with Crippen molar-refractivity contribution in [2.75, 3.05) is 32.0 Å². The molecule has 7 nitrogen and oxygen atoms in total. The number of piperidine rings is 1. The van der Waals surface area contributed by atoms with Crippen LogP contribution < -0.4 is 10.1 Å². The number of alkyl halides is 3.